The van der Waals surface area contributed by atoms with Crippen molar-refractivity contribution < 1.29 is 4.39 Å². The maximum Gasteiger partial charge on any atom is 0.129 e. The normalized spacial score (nSPS) is 10.2. The molecule has 0 atom stereocenters. The quantitative estimate of drug-likeness (QED) is 0.665. The minimum absolute atomic E-state index is 0.264. The fourth-order valence-corrected chi connectivity index (χ4v) is 1.28. The summed E-state index contributed by atoms with van der Waals surface area (Å²) in [5.41, 5.74) is 7.55. The molecule has 0 saturated carbocycles. The number of halogens is 2. The van der Waals surface area contributed by atoms with E-state index in [0.29, 0.717) is 11.3 Å². The van der Waals surface area contributed by atoms with Crippen molar-refractivity contribution >= 4 is 21.6 Å². The number of hydrogen-bond acceptors (Lipinski definition) is 1. The molecule has 0 spiro atoms. The predicted octanol–water partition coefficient (Wildman–Crippen LogP) is 2.79. The summed E-state index contributed by atoms with van der Waals surface area (Å²) < 4.78 is 13.6. The van der Waals surface area contributed by atoms with Gasteiger partial charge in [-0.1, -0.05) is 15.9 Å². The molecule has 3 heteroatoms. The largest absolute Gasteiger partial charge is 0.398 e. The molecular weight excluding hydrogens is 209 g/mol. The molecule has 0 heterocycles. The fourth-order valence-electron chi connectivity index (χ4n) is 0.866. The third kappa shape index (κ3) is 1.38. The molecule has 0 aliphatic rings. The number of rotatable bonds is 0. The summed E-state index contributed by atoms with van der Waals surface area (Å²) in [5, 5.41) is 0. The van der Waals surface area contributed by atoms with Crippen LogP contribution in [0.4, 0.5) is 10.1 Å². The van der Waals surface area contributed by atoms with Crippen molar-refractivity contribution in [2.45, 2.75) is 13.8 Å². The molecule has 0 fully saturated rings. The average molecular weight is 218 g/mol. The van der Waals surface area contributed by atoms with Crippen molar-refractivity contribution in [1.29, 1.82) is 0 Å². The molecule has 0 saturated heterocycles. The Bertz CT molecular complexity index is 270. The Morgan fingerprint density at radius 2 is 1.91 bits per heavy atom. The number of hydrogen-bond donors (Lipinski definition) is 1. The van der Waals surface area contributed by atoms with E-state index in [9.17, 15) is 4.39 Å². The standard InChI is InChI=1S/C8H9BrFN/c1-4-6(9)3-7(10)5(2)8(4)11/h3H,11H2,1-2H3. The minimum Gasteiger partial charge on any atom is -0.398 e. The van der Waals surface area contributed by atoms with Crippen LogP contribution in [-0.2, 0) is 0 Å². The van der Waals surface area contributed by atoms with E-state index in [1.807, 2.05) is 6.92 Å². The van der Waals surface area contributed by atoms with Crippen LogP contribution in [0.15, 0.2) is 10.5 Å². The summed E-state index contributed by atoms with van der Waals surface area (Å²) in [7, 11) is 0. The van der Waals surface area contributed by atoms with Crippen LogP contribution in [0.3, 0.4) is 0 Å². The van der Waals surface area contributed by atoms with Crippen molar-refractivity contribution in [3.05, 3.63) is 27.5 Å². The zero-order chi connectivity index (χ0) is 8.59. The van der Waals surface area contributed by atoms with E-state index in [0.717, 1.165) is 10.0 Å². The summed E-state index contributed by atoms with van der Waals surface area (Å²) in [4.78, 5) is 0. The van der Waals surface area contributed by atoms with Crippen LogP contribution in [0.5, 0.6) is 0 Å². The lowest BCUT2D eigenvalue weighted by Gasteiger charge is -2.06. The highest BCUT2D eigenvalue weighted by Gasteiger charge is 2.07. The van der Waals surface area contributed by atoms with Gasteiger partial charge in [0.2, 0.25) is 0 Å². The molecule has 1 aromatic carbocycles. The molecular formula is C8H9BrFN. The van der Waals surface area contributed by atoms with E-state index in [1.54, 1.807) is 6.92 Å². The van der Waals surface area contributed by atoms with Crippen LogP contribution >= 0.6 is 15.9 Å². The SMILES string of the molecule is Cc1c(F)cc(Br)c(C)c1N. The first-order valence-corrected chi connectivity index (χ1v) is 4.04. The Labute approximate surface area is 73.5 Å². The van der Waals surface area contributed by atoms with Gasteiger partial charge in [0.05, 0.1) is 0 Å². The monoisotopic (exact) mass is 217 g/mol. The first kappa shape index (κ1) is 8.53. The first-order chi connectivity index (χ1) is 5.04. The van der Waals surface area contributed by atoms with Crippen molar-refractivity contribution in [2.75, 3.05) is 5.73 Å². The summed E-state index contributed by atoms with van der Waals surface area (Å²) in [6.07, 6.45) is 0. The number of anilines is 1. The molecule has 1 aromatic rings. The Balaban J connectivity index is 3.46. The van der Waals surface area contributed by atoms with Crippen LogP contribution in [0, 0.1) is 19.7 Å². The van der Waals surface area contributed by atoms with Crippen molar-refractivity contribution in [2.24, 2.45) is 0 Å². The molecule has 2 N–H and O–H groups in total. The summed E-state index contributed by atoms with van der Waals surface area (Å²) in [6.45, 7) is 3.52. The van der Waals surface area contributed by atoms with Crippen LogP contribution in [0.25, 0.3) is 0 Å². The molecule has 0 aromatic heterocycles. The molecule has 0 radical (unpaired) electrons. The lowest BCUT2D eigenvalue weighted by Crippen LogP contribution is -1.97. The Hall–Kier alpha value is -0.570. The average Bonchev–Trinajstić information content (AvgIpc) is 1.97. The summed E-state index contributed by atoms with van der Waals surface area (Å²) in [5.74, 6) is -0.264. The molecule has 0 aliphatic heterocycles. The van der Waals surface area contributed by atoms with Gasteiger partial charge in [-0.15, -0.1) is 0 Å². The third-order valence-electron chi connectivity index (χ3n) is 1.78. The molecule has 60 valence electrons. The summed E-state index contributed by atoms with van der Waals surface area (Å²) in [6, 6.07) is 1.43. The molecule has 11 heavy (non-hydrogen) atoms. The van der Waals surface area contributed by atoms with E-state index < -0.39 is 0 Å². The van der Waals surface area contributed by atoms with Gasteiger partial charge in [-0.3, -0.25) is 0 Å². The Kier molecular flexibility index (Phi) is 2.18. The van der Waals surface area contributed by atoms with Gasteiger partial charge in [-0.2, -0.15) is 0 Å². The van der Waals surface area contributed by atoms with Gasteiger partial charge in [0, 0.05) is 15.7 Å². The van der Waals surface area contributed by atoms with E-state index in [2.05, 4.69) is 15.9 Å². The molecule has 0 amide bonds. The number of nitrogens with two attached hydrogens (primary N) is 1. The van der Waals surface area contributed by atoms with Crippen molar-refractivity contribution in [3.63, 3.8) is 0 Å². The van der Waals surface area contributed by atoms with Gasteiger partial charge in [0.25, 0.3) is 0 Å². The number of benzene rings is 1. The van der Waals surface area contributed by atoms with E-state index in [-0.39, 0.29) is 5.82 Å². The van der Waals surface area contributed by atoms with Gasteiger partial charge < -0.3 is 5.73 Å². The summed E-state index contributed by atoms with van der Waals surface area (Å²) >= 11 is 3.21. The second kappa shape index (κ2) is 2.81. The lowest BCUT2D eigenvalue weighted by molar-refractivity contribution is 0.618. The maximum atomic E-state index is 12.9. The first-order valence-electron chi connectivity index (χ1n) is 3.24. The Morgan fingerprint density at radius 3 is 2.45 bits per heavy atom. The smallest absolute Gasteiger partial charge is 0.129 e. The van der Waals surface area contributed by atoms with E-state index in [4.69, 9.17) is 5.73 Å². The third-order valence-corrected chi connectivity index (χ3v) is 2.60. The zero-order valence-electron chi connectivity index (χ0n) is 6.41. The minimum atomic E-state index is -0.264. The van der Waals surface area contributed by atoms with Crippen LogP contribution in [0.1, 0.15) is 11.1 Å². The zero-order valence-corrected chi connectivity index (χ0v) is 8.00. The van der Waals surface area contributed by atoms with Gasteiger partial charge in [0.15, 0.2) is 0 Å². The second-order valence-electron chi connectivity index (χ2n) is 2.50. The Morgan fingerprint density at radius 1 is 1.36 bits per heavy atom. The van der Waals surface area contributed by atoms with Crippen LogP contribution in [0.2, 0.25) is 0 Å². The van der Waals surface area contributed by atoms with Crippen molar-refractivity contribution in [3.8, 4) is 0 Å². The van der Waals surface area contributed by atoms with Crippen LogP contribution < -0.4 is 5.73 Å². The highest BCUT2D eigenvalue weighted by atomic mass is 79.9. The highest BCUT2D eigenvalue weighted by Crippen LogP contribution is 2.26. The molecule has 0 aliphatic carbocycles. The molecule has 1 rings (SSSR count). The van der Waals surface area contributed by atoms with Gasteiger partial charge in [-0.05, 0) is 25.5 Å². The topological polar surface area (TPSA) is 26.0 Å². The maximum absolute atomic E-state index is 12.9. The predicted molar refractivity (Wildman–Crippen MR) is 48.0 cm³/mol. The van der Waals surface area contributed by atoms with E-state index >= 15 is 0 Å². The van der Waals surface area contributed by atoms with Gasteiger partial charge >= 0.3 is 0 Å². The van der Waals surface area contributed by atoms with Crippen molar-refractivity contribution in [1.82, 2.24) is 0 Å². The van der Waals surface area contributed by atoms with Gasteiger partial charge in [-0.25, -0.2) is 4.39 Å². The molecule has 1 nitrogen and oxygen atoms in total. The number of nitrogen functional groups attached to an aromatic ring is 1. The van der Waals surface area contributed by atoms with E-state index in [1.165, 1.54) is 6.07 Å². The second-order valence-corrected chi connectivity index (χ2v) is 3.36. The molecule has 0 unspecified atom stereocenters. The highest BCUT2D eigenvalue weighted by molar-refractivity contribution is 9.10. The molecule has 0 bridgehead atoms. The van der Waals surface area contributed by atoms with Gasteiger partial charge in [0.1, 0.15) is 5.82 Å². The van der Waals surface area contributed by atoms with Crippen LogP contribution in [-0.4, -0.2) is 0 Å². The fraction of sp³-hybridized carbons (Fsp3) is 0.250. The lowest BCUT2D eigenvalue weighted by atomic mass is 10.1.